The molecule has 24 heavy (non-hydrogen) atoms. The van der Waals surface area contributed by atoms with E-state index in [1.54, 1.807) is 18.2 Å². The summed E-state index contributed by atoms with van der Waals surface area (Å²) in [4.78, 5) is 0.275. The van der Waals surface area contributed by atoms with Crippen LogP contribution in [0, 0.1) is 0 Å². The maximum atomic E-state index is 11.9. The van der Waals surface area contributed by atoms with Gasteiger partial charge in [-0.1, -0.05) is 24.3 Å². The van der Waals surface area contributed by atoms with Gasteiger partial charge in [0.2, 0.25) is 10.0 Å². The molecule has 0 unspecified atom stereocenters. The van der Waals surface area contributed by atoms with Crippen LogP contribution in [0.1, 0.15) is 31.0 Å². The summed E-state index contributed by atoms with van der Waals surface area (Å²) < 4.78 is 31.6. The fraction of sp³-hybridized carbons (Fsp3) is 0.333. The average Bonchev–Trinajstić information content (AvgIpc) is 2.61. The summed E-state index contributed by atoms with van der Waals surface area (Å²) >= 11 is 0. The van der Waals surface area contributed by atoms with Crippen LogP contribution in [-0.4, -0.2) is 22.1 Å². The van der Waals surface area contributed by atoms with Gasteiger partial charge in [-0.25, -0.2) is 13.1 Å². The molecule has 2 aromatic carbocycles. The summed E-state index contributed by atoms with van der Waals surface area (Å²) in [5.41, 5.74) is 2.07. The van der Waals surface area contributed by atoms with Gasteiger partial charge in [0, 0.05) is 12.6 Å². The van der Waals surface area contributed by atoms with Crippen molar-refractivity contribution < 1.29 is 13.2 Å². The molecule has 2 aromatic rings. The normalized spacial score (nSPS) is 12.8. The number of nitrogens with one attached hydrogen (secondary N) is 2. The van der Waals surface area contributed by atoms with E-state index in [0.29, 0.717) is 13.2 Å². The van der Waals surface area contributed by atoms with Crippen LogP contribution in [0.4, 0.5) is 0 Å². The molecule has 0 radical (unpaired) electrons. The highest BCUT2D eigenvalue weighted by Crippen LogP contribution is 2.18. The lowest BCUT2D eigenvalue weighted by Gasteiger charge is -2.15. The lowest BCUT2D eigenvalue weighted by molar-refractivity contribution is 0.340. The Bertz CT molecular complexity index is 758. The molecule has 5 nitrogen and oxygen atoms in total. The lowest BCUT2D eigenvalue weighted by atomic mass is 10.1. The van der Waals surface area contributed by atoms with Crippen molar-refractivity contribution in [3.05, 3.63) is 59.7 Å². The Morgan fingerprint density at radius 2 is 1.83 bits per heavy atom. The predicted molar refractivity (Wildman–Crippen MR) is 95.6 cm³/mol. The smallest absolute Gasteiger partial charge is 0.240 e. The highest BCUT2D eigenvalue weighted by molar-refractivity contribution is 7.89. The van der Waals surface area contributed by atoms with Gasteiger partial charge in [0.1, 0.15) is 5.75 Å². The van der Waals surface area contributed by atoms with Crippen LogP contribution in [0.3, 0.4) is 0 Å². The first-order chi connectivity index (χ1) is 11.5. The fourth-order valence-corrected chi connectivity index (χ4v) is 3.11. The zero-order valence-corrected chi connectivity index (χ0v) is 15.1. The standard InChI is InChI=1S/C18H24N2O3S/c1-4-23-17-10-8-15(9-11-17)13-20-14(2)16-6-5-7-18(12-16)24(21,22)19-3/h5-12,14,19-20H,4,13H2,1-3H3/t14-/m1/s1. The van der Waals surface area contributed by atoms with Gasteiger partial charge in [-0.2, -0.15) is 0 Å². The van der Waals surface area contributed by atoms with Crippen molar-refractivity contribution in [3.63, 3.8) is 0 Å². The van der Waals surface area contributed by atoms with E-state index in [2.05, 4.69) is 10.0 Å². The number of hydrogen-bond donors (Lipinski definition) is 2. The number of benzene rings is 2. The van der Waals surface area contributed by atoms with Gasteiger partial charge in [0.15, 0.2) is 0 Å². The molecule has 0 fully saturated rings. The summed E-state index contributed by atoms with van der Waals surface area (Å²) in [6, 6.07) is 14.9. The summed E-state index contributed by atoms with van der Waals surface area (Å²) in [5.74, 6) is 0.860. The predicted octanol–water partition coefficient (Wildman–Crippen LogP) is 2.84. The van der Waals surface area contributed by atoms with Crippen LogP contribution in [0.25, 0.3) is 0 Å². The van der Waals surface area contributed by atoms with E-state index in [0.717, 1.165) is 16.9 Å². The Kier molecular flexibility index (Phi) is 6.36. The van der Waals surface area contributed by atoms with Crippen molar-refractivity contribution in [1.29, 1.82) is 0 Å². The van der Waals surface area contributed by atoms with E-state index in [1.807, 2.05) is 44.2 Å². The summed E-state index contributed by atoms with van der Waals surface area (Å²) in [6.07, 6.45) is 0. The number of hydrogen-bond acceptors (Lipinski definition) is 4. The fourth-order valence-electron chi connectivity index (χ4n) is 2.33. The van der Waals surface area contributed by atoms with Crippen LogP contribution >= 0.6 is 0 Å². The maximum absolute atomic E-state index is 11.9. The molecular formula is C18H24N2O3S. The minimum atomic E-state index is -3.42. The Morgan fingerprint density at radius 1 is 1.12 bits per heavy atom. The Morgan fingerprint density at radius 3 is 2.46 bits per heavy atom. The summed E-state index contributed by atoms with van der Waals surface area (Å²) in [5, 5.41) is 3.41. The quantitative estimate of drug-likeness (QED) is 0.770. The van der Waals surface area contributed by atoms with Crippen molar-refractivity contribution in [2.45, 2.75) is 31.3 Å². The van der Waals surface area contributed by atoms with Gasteiger partial charge in [0.05, 0.1) is 11.5 Å². The third-order valence-corrected chi connectivity index (χ3v) is 5.20. The van der Waals surface area contributed by atoms with Crippen LogP contribution in [0.15, 0.2) is 53.4 Å². The average molecular weight is 348 g/mol. The molecule has 0 aliphatic heterocycles. The maximum Gasteiger partial charge on any atom is 0.240 e. The molecule has 0 heterocycles. The van der Waals surface area contributed by atoms with Crippen molar-refractivity contribution in [2.24, 2.45) is 0 Å². The number of rotatable bonds is 8. The van der Waals surface area contributed by atoms with Crippen LogP contribution in [0.2, 0.25) is 0 Å². The SMILES string of the molecule is CCOc1ccc(CN[C@H](C)c2cccc(S(=O)(=O)NC)c2)cc1. The third kappa shape index (κ3) is 4.80. The van der Waals surface area contributed by atoms with E-state index in [9.17, 15) is 8.42 Å². The monoisotopic (exact) mass is 348 g/mol. The van der Waals surface area contributed by atoms with Gasteiger partial charge >= 0.3 is 0 Å². The molecule has 0 aliphatic carbocycles. The van der Waals surface area contributed by atoms with Crippen LogP contribution < -0.4 is 14.8 Å². The first kappa shape index (κ1) is 18.4. The van der Waals surface area contributed by atoms with E-state index < -0.39 is 10.0 Å². The van der Waals surface area contributed by atoms with E-state index in [-0.39, 0.29) is 10.9 Å². The van der Waals surface area contributed by atoms with E-state index in [4.69, 9.17) is 4.74 Å². The van der Waals surface area contributed by atoms with Gasteiger partial charge in [-0.05, 0) is 56.3 Å². The third-order valence-electron chi connectivity index (χ3n) is 3.78. The summed E-state index contributed by atoms with van der Waals surface area (Å²) in [7, 11) is -2.01. The molecule has 1 atom stereocenters. The highest BCUT2D eigenvalue weighted by Gasteiger charge is 2.13. The Labute approximate surface area is 144 Å². The van der Waals surface area contributed by atoms with Crippen LogP contribution in [-0.2, 0) is 16.6 Å². The molecule has 0 aliphatic rings. The molecule has 0 saturated carbocycles. The van der Waals surface area contributed by atoms with E-state index >= 15 is 0 Å². The van der Waals surface area contributed by atoms with Crippen molar-refractivity contribution >= 4 is 10.0 Å². The Hall–Kier alpha value is -1.89. The molecule has 0 spiro atoms. The molecule has 2 rings (SSSR count). The number of ether oxygens (including phenoxy) is 1. The second kappa shape index (κ2) is 8.28. The molecule has 0 saturated heterocycles. The first-order valence-corrected chi connectivity index (χ1v) is 9.43. The van der Waals surface area contributed by atoms with Gasteiger partial charge in [-0.3, -0.25) is 0 Å². The topological polar surface area (TPSA) is 67.4 Å². The van der Waals surface area contributed by atoms with Crippen molar-refractivity contribution in [1.82, 2.24) is 10.0 Å². The molecule has 130 valence electrons. The molecule has 0 aromatic heterocycles. The minimum Gasteiger partial charge on any atom is -0.494 e. The second-order valence-electron chi connectivity index (χ2n) is 5.46. The largest absolute Gasteiger partial charge is 0.494 e. The van der Waals surface area contributed by atoms with Gasteiger partial charge in [-0.15, -0.1) is 0 Å². The first-order valence-electron chi connectivity index (χ1n) is 7.95. The zero-order chi connectivity index (χ0) is 17.6. The molecule has 2 N–H and O–H groups in total. The van der Waals surface area contributed by atoms with Gasteiger partial charge < -0.3 is 10.1 Å². The molecular weight excluding hydrogens is 324 g/mol. The van der Waals surface area contributed by atoms with Crippen molar-refractivity contribution in [3.8, 4) is 5.75 Å². The van der Waals surface area contributed by atoms with E-state index in [1.165, 1.54) is 7.05 Å². The van der Waals surface area contributed by atoms with Gasteiger partial charge in [0.25, 0.3) is 0 Å². The minimum absolute atomic E-state index is 0.0311. The summed E-state index contributed by atoms with van der Waals surface area (Å²) in [6.45, 7) is 5.32. The number of sulfonamides is 1. The molecule has 6 heteroatoms. The molecule has 0 amide bonds. The zero-order valence-electron chi connectivity index (χ0n) is 14.2. The van der Waals surface area contributed by atoms with Crippen LogP contribution in [0.5, 0.6) is 5.75 Å². The molecule has 0 bridgehead atoms. The lowest BCUT2D eigenvalue weighted by Crippen LogP contribution is -2.21. The Balaban J connectivity index is 2.02. The second-order valence-corrected chi connectivity index (χ2v) is 7.35. The highest BCUT2D eigenvalue weighted by atomic mass is 32.2. The van der Waals surface area contributed by atoms with Crippen molar-refractivity contribution in [2.75, 3.05) is 13.7 Å².